The lowest BCUT2D eigenvalue weighted by atomic mass is 10.3. The third-order valence-electron chi connectivity index (χ3n) is 2.13. The number of rotatable bonds is 4. The second-order valence-electron chi connectivity index (χ2n) is 4.07. The number of nitrogens with zero attached hydrogens (tertiary/aromatic N) is 2. The molecule has 0 spiro atoms. The van der Waals surface area contributed by atoms with Gasteiger partial charge in [-0.05, 0) is 12.0 Å². The van der Waals surface area contributed by atoms with Crippen molar-refractivity contribution in [2.45, 2.75) is 13.8 Å². The van der Waals surface area contributed by atoms with E-state index in [0.717, 1.165) is 0 Å². The van der Waals surface area contributed by atoms with Crippen LogP contribution in [0.4, 0.5) is 11.4 Å². The number of nitrogen functional groups attached to an aromatic ring is 1. The highest BCUT2D eigenvalue weighted by molar-refractivity contribution is 7.92. The molecule has 1 aromatic rings. The molecule has 2 N–H and O–H groups in total. The molecule has 90 valence electrons. The molecular formula is C10H17N3O2S. The molecule has 0 radical (unpaired) electrons. The van der Waals surface area contributed by atoms with Gasteiger partial charge >= 0.3 is 0 Å². The number of nitrogens with two attached hydrogens (primary N) is 1. The van der Waals surface area contributed by atoms with Crippen LogP contribution >= 0.6 is 0 Å². The third kappa shape index (κ3) is 2.85. The van der Waals surface area contributed by atoms with Crippen LogP contribution in [-0.2, 0) is 10.0 Å². The Balaban J connectivity index is 3.03. The lowest BCUT2D eigenvalue weighted by Crippen LogP contribution is -2.31. The molecule has 0 bridgehead atoms. The van der Waals surface area contributed by atoms with Gasteiger partial charge in [0.05, 0.1) is 23.3 Å². The monoisotopic (exact) mass is 243 g/mol. The summed E-state index contributed by atoms with van der Waals surface area (Å²) >= 11 is 0. The van der Waals surface area contributed by atoms with Crippen LogP contribution in [0.5, 0.6) is 0 Å². The number of anilines is 2. The maximum atomic E-state index is 11.9. The van der Waals surface area contributed by atoms with E-state index in [1.54, 1.807) is 6.07 Å². The van der Waals surface area contributed by atoms with Crippen LogP contribution in [0.2, 0.25) is 0 Å². The summed E-state index contributed by atoms with van der Waals surface area (Å²) in [5, 5.41) is 0. The van der Waals surface area contributed by atoms with E-state index in [-0.39, 0.29) is 11.7 Å². The summed E-state index contributed by atoms with van der Waals surface area (Å²) < 4.78 is 25.1. The van der Waals surface area contributed by atoms with Crippen molar-refractivity contribution >= 4 is 21.4 Å². The fraction of sp³-hybridized carbons (Fsp3) is 0.500. The minimum atomic E-state index is -3.31. The molecule has 1 aromatic heterocycles. The van der Waals surface area contributed by atoms with Crippen molar-refractivity contribution < 1.29 is 8.42 Å². The van der Waals surface area contributed by atoms with Crippen LogP contribution < -0.4 is 10.0 Å². The van der Waals surface area contributed by atoms with E-state index in [4.69, 9.17) is 5.73 Å². The van der Waals surface area contributed by atoms with Crippen molar-refractivity contribution in [3.05, 3.63) is 18.5 Å². The molecule has 5 nitrogen and oxygen atoms in total. The Labute approximate surface area is 96.3 Å². The molecule has 0 aliphatic heterocycles. The number of hydrogen-bond donors (Lipinski definition) is 1. The van der Waals surface area contributed by atoms with Crippen molar-refractivity contribution in [2.75, 3.05) is 22.8 Å². The summed E-state index contributed by atoms with van der Waals surface area (Å²) in [5.74, 6) is 0.182. The van der Waals surface area contributed by atoms with Crippen molar-refractivity contribution in [3.8, 4) is 0 Å². The molecule has 6 heteroatoms. The van der Waals surface area contributed by atoms with Gasteiger partial charge in [0.15, 0.2) is 0 Å². The van der Waals surface area contributed by atoms with Gasteiger partial charge in [-0.3, -0.25) is 9.29 Å². The number of sulfonamides is 1. The molecule has 0 atom stereocenters. The average Bonchev–Trinajstić information content (AvgIpc) is 2.15. The van der Waals surface area contributed by atoms with Gasteiger partial charge in [0.2, 0.25) is 10.0 Å². The predicted molar refractivity (Wildman–Crippen MR) is 65.7 cm³/mol. The quantitative estimate of drug-likeness (QED) is 0.858. The second kappa shape index (κ2) is 4.69. The molecule has 0 aliphatic carbocycles. The van der Waals surface area contributed by atoms with Crippen LogP contribution in [0.15, 0.2) is 18.5 Å². The maximum Gasteiger partial charge on any atom is 0.235 e. The van der Waals surface area contributed by atoms with Gasteiger partial charge in [0.1, 0.15) is 0 Å². The fourth-order valence-electron chi connectivity index (χ4n) is 1.37. The zero-order chi connectivity index (χ0) is 12.3. The van der Waals surface area contributed by atoms with Crippen molar-refractivity contribution in [1.82, 2.24) is 4.98 Å². The Morgan fingerprint density at radius 2 is 2.12 bits per heavy atom. The molecule has 16 heavy (non-hydrogen) atoms. The molecule has 0 aliphatic rings. The first kappa shape index (κ1) is 12.8. The van der Waals surface area contributed by atoms with Crippen molar-refractivity contribution in [2.24, 2.45) is 5.92 Å². The number of aromatic nitrogens is 1. The van der Waals surface area contributed by atoms with E-state index in [2.05, 4.69) is 4.98 Å². The van der Waals surface area contributed by atoms with Gasteiger partial charge in [-0.25, -0.2) is 8.42 Å². The molecular weight excluding hydrogens is 226 g/mol. The van der Waals surface area contributed by atoms with Crippen LogP contribution in [0.25, 0.3) is 0 Å². The number of hydrogen-bond acceptors (Lipinski definition) is 4. The molecule has 0 saturated heterocycles. The molecule has 0 unspecified atom stereocenters. The van der Waals surface area contributed by atoms with Gasteiger partial charge < -0.3 is 5.73 Å². The van der Waals surface area contributed by atoms with Gasteiger partial charge in [-0.2, -0.15) is 0 Å². The first-order chi connectivity index (χ1) is 7.34. The minimum Gasteiger partial charge on any atom is -0.396 e. The Kier molecular flexibility index (Phi) is 3.74. The highest BCUT2D eigenvalue weighted by Crippen LogP contribution is 2.23. The van der Waals surface area contributed by atoms with E-state index in [1.165, 1.54) is 23.7 Å². The molecule has 1 heterocycles. The minimum absolute atomic E-state index is 0.0792. The smallest absolute Gasteiger partial charge is 0.235 e. The standard InChI is InChI=1S/C10H17N3O2S/c1-8(2)7-16(14,15)13(3)10-4-5-12-6-9(10)11/h4-6,8H,7,11H2,1-3H3. The van der Waals surface area contributed by atoms with Crippen LogP contribution in [0.3, 0.4) is 0 Å². The highest BCUT2D eigenvalue weighted by atomic mass is 32.2. The first-order valence-corrected chi connectivity index (χ1v) is 6.61. The number of pyridine rings is 1. The summed E-state index contributed by atoms with van der Waals surface area (Å²) in [6.07, 6.45) is 2.96. The van der Waals surface area contributed by atoms with Gasteiger partial charge in [0.25, 0.3) is 0 Å². The van der Waals surface area contributed by atoms with Gasteiger partial charge in [-0.1, -0.05) is 13.8 Å². The summed E-state index contributed by atoms with van der Waals surface area (Å²) in [5.41, 5.74) is 6.51. The Morgan fingerprint density at radius 1 is 1.50 bits per heavy atom. The van der Waals surface area contributed by atoms with E-state index in [0.29, 0.717) is 11.4 Å². The van der Waals surface area contributed by atoms with E-state index < -0.39 is 10.0 Å². The maximum absolute atomic E-state index is 11.9. The Hall–Kier alpha value is -1.30. The first-order valence-electron chi connectivity index (χ1n) is 5.00. The van der Waals surface area contributed by atoms with Crippen LogP contribution in [0.1, 0.15) is 13.8 Å². The van der Waals surface area contributed by atoms with Crippen LogP contribution in [0, 0.1) is 5.92 Å². The molecule has 0 saturated carbocycles. The lowest BCUT2D eigenvalue weighted by Gasteiger charge is -2.21. The van der Waals surface area contributed by atoms with E-state index in [9.17, 15) is 8.42 Å². The topological polar surface area (TPSA) is 76.3 Å². The summed E-state index contributed by atoms with van der Waals surface area (Å²) in [7, 11) is -1.81. The molecule has 0 fully saturated rings. The van der Waals surface area contributed by atoms with Gasteiger partial charge in [0, 0.05) is 13.2 Å². The summed E-state index contributed by atoms with van der Waals surface area (Å²) in [4.78, 5) is 3.82. The highest BCUT2D eigenvalue weighted by Gasteiger charge is 2.21. The zero-order valence-electron chi connectivity index (χ0n) is 9.71. The molecule has 0 amide bonds. The largest absolute Gasteiger partial charge is 0.396 e. The second-order valence-corrected chi connectivity index (χ2v) is 6.12. The lowest BCUT2D eigenvalue weighted by molar-refractivity contribution is 0.580. The van der Waals surface area contributed by atoms with Gasteiger partial charge in [-0.15, -0.1) is 0 Å². The molecule has 0 aromatic carbocycles. The third-order valence-corrected chi connectivity index (χ3v) is 4.25. The normalized spacial score (nSPS) is 11.8. The molecule has 1 rings (SSSR count). The van der Waals surface area contributed by atoms with E-state index >= 15 is 0 Å². The summed E-state index contributed by atoms with van der Waals surface area (Å²) in [6.45, 7) is 3.72. The van der Waals surface area contributed by atoms with Crippen molar-refractivity contribution in [1.29, 1.82) is 0 Å². The SMILES string of the molecule is CC(C)CS(=O)(=O)N(C)c1ccncc1N. The van der Waals surface area contributed by atoms with Crippen LogP contribution in [-0.4, -0.2) is 26.2 Å². The van der Waals surface area contributed by atoms with Crippen molar-refractivity contribution in [3.63, 3.8) is 0 Å². The zero-order valence-corrected chi connectivity index (χ0v) is 10.5. The fourth-order valence-corrected chi connectivity index (χ4v) is 2.90. The summed E-state index contributed by atoms with van der Waals surface area (Å²) in [6, 6.07) is 1.59. The Bertz CT molecular complexity index is 457. The predicted octanol–water partition coefficient (Wildman–Crippen LogP) is 1.09. The van der Waals surface area contributed by atoms with E-state index in [1.807, 2.05) is 13.8 Å². The Morgan fingerprint density at radius 3 is 2.62 bits per heavy atom. The average molecular weight is 243 g/mol.